The van der Waals surface area contributed by atoms with Crippen LogP contribution < -0.4 is 5.32 Å². The molecule has 0 radical (unpaired) electrons. The Kier molecular flexibility index (Phi) is 4.59. The van der Waals surface area contributed by atoms with Gasteiger partial charge in [-0.3, -0.25) is 0 Å². The summed E-state index contributed by atoms with van der Waals surface area (Å²) in [4.78, 5) is 1.36. The summed E-state index contributed by atoms with van der Waals surface area (Å²) in [5, 5.41) is 14.6. The van der Waals surface area contributed by atoms with Crippen LogP contribution >= 0.6 is 11.3 Å². The van der Waals surface area contributed by atoms with E-state index in [2.05, 4.69) is 41.9 Å². The molecule has 1 N–H and O–H groups in total. The number of aryl methyl sites for hydroxylation is 1. The molecule has 2 aromatic rings. The lowest BCUT2D eigenvalue weighted by Crippen LogP contribution is -2.09. The first-order chi connectivity index (χ1) is 9.24. The van der Waals surface area contributed by atoms with Crippen LogP contribution in [0.5, 0.6) is 0 Å². The van der Waals surface area contributed by atoms with Gasteiger partial charge >= 0.3 is 0 Å². The normalized spacial score (nSPS) is 11.8. The van der Waals surface area contributed by atoms with Crippen molar-refractivity contribution in [2.24, 2.45) is 0 Å². The Morgan fingerprint density at radius 3 is 2.79 bits per heavy atom. The minimum absolute atomic E-state index is 0.359. The fourth-order valence-corrected chi connectivity index (χ4v) is 2.96. The van der Waals surface area contributed by atoms with Gasteiger partial charge in [0.2, 0.25) is 0 Å². The van der Waals surface area contributed by atoms with Gasteiger partial charge in [-0.1, -0.05) is 19.4 Å². The topological polar surface area (TPSA) is 35.8 Å². The van der Waals surface area contributed by atoms with E-state index in [0.29, 0.717) is 6.04 Å². The van der Waals surface area contributed by atoms with Crippen LogP contribution in [0.1, 0.15) is 41.8 Å². The highest BCUT2D eigenvalue weighted by atomic mass is 32.1. The zero-order chi connectivity index (χ0) is 13.7. The van der Waals surface area contributed by atoms with Crippen molar-refractivity contribution in [1.29, 1.82) is 5.26 Å². The van der Waals surface area contributed by atoms with Crippen molar-refractivity contribution >= 4 is 17.0 Å². The first-order valence-electron chi connectivity index (χ1n) is 6.55. The van der Waals surface area contributed by atoms with E-state index in [1.165, 1.54) is 4.88 Å². The van der Waals surface area contributed by atoms with Crippen LogP contribution in [0.15, 0.2) is 35.7 Å². The Hall–Kier alpha value is -1.79. The van der Waals surface area contributed by atoms with Crippen LogP contribution in [0.4, 0.5) is 5.69 Å². The van der Waals surface area contributed by atoms with E-state index >= 15 is 0 Å². The molecule has 0 amide bonds. The molecule has 0 fully saturated rings. The Labute approximate surface area is 118 Å². The van der Waals surface area contributed by atoms with Crippen LogP contribution in [-0.4, -0.2) is 0 Å². The van der Waals surface area contributed by atoms with Gasteiger partial charge in [0.05, 0.1) is 17.7 Å². The third-order valence-corrected chi connectivity index (χ3v) is 4.14. The van der Waals surface area contributed by atoms with Gasteiger partial charge < -0.3 is 5.32 Å². The number of nitrogens with one attached hydrogen (secondary N) is 1. The van der Waals surface area contributed by atoms with E-state index in [9.17, 15) is 0 Å². The lowest BCUT2D eigenvalue weighted by Gasteiger charge is -2.18. The molecule has 0 aliphatic carbocycles. The minimum Gasteiger partial charge on any atom is -0.377 e. The first kappa shape index (κ1) is 13.6. The van der Waals surface area contributed by atoms with Crippen LogP contribution in [0.3, 0.4) is 0 Å². The monoisotopic (exact) mass is 270 g/mol. The van der Waals surface area contributed by atoms with Gasteiger partial charge in [-0.15, -0.1) is 11.3 Å². The Balaban J connectivity index is 2.18. The number of nitriles is 1. The molecule has 1 aromatic carbocycles. The summed E-state index contributed by atoms with van der Waals surface area (Å²) in [6, 6.07) is 12.8. The molecule has 0 bridgehead atoms. The molecule has 0 spiro atoms. The molecule has 0 saturated heterocycles. The van der Waals surface area contributed by atoms with Crippen molar-refractivity contribution in [2.75, 3.05) is 5.32 Å². The molecule has 0 aliphatic heterocycles. The molecular formula is C16H18N2S. The van der Waals surface area contributed by atoms with Crippen molar-refractivity contribution < 1.29 is 0 Å². The number of rotatable bonds is 5. The zero-order valence-electron chi connectivity index (χ0n) is 11.3. The average molecular weight is 270 g/mol. The fourth-order valence-electron chi connectivity index (χ4n) is 2.14. The predicted octanol–water partition coefficient (Wildman–Crippen LogP) is 4.88. The highest BCUT2D eigenvalue weighted by Crippen LogP contribution is 2.28. The van der Waals surface area contributed by atoms with Crippen LogP contribution in [0, 0.1) is 18.3 Å². The summed E-state index contributed by atoms with van der Waals surface area (Å²) < 4.78 is 0. The molecule has 1 aromatic heterocycles. The maximum absolute atomic E-state index is 8.96. The molecule has 1 unspecified atom stereocenters. The summed E-state index contributed by atoms with van der Waals surface area (Å²) in [7, 11) is 0. The Morgan fingerprint density at radius 1 is 1.37 bits per heavy atom. The number of benzene rings is 1. The lowest BCUT2D eigenvalue weighted by atomic mass is 10.1. The predicted molar refractivity (Wildman–Crippen MR) is 81.5 cm³/mol. The van der Waals surface area contributed by atoms with Crippen LogP contribution in [-0.2, 0) is 0 Å². The summed E-state index contributed by atoms with van der Waals surface area (Å²) in [5.74, 6) is 0. The van der Waals surface area contributed by atoms with Crippen molar-refractivity contribution in [1.82, 2.24) is 0 Å². The summed E-state index contributed by atoms with van der Waals surface area (Å²) in [6.07, 6.45) is 2.25. The molecule has 2 rings (SSSR count). The lowest BCUT2D eigenvalue weighted by molar-refractivity contribution is 0.687. The van der Waals surface area contributed by atoms with E-state index < -0.39 is 0 Å². The molecule has 3 heteroatoms. The second-order valence-electron chi connectivity index (χ2n) is 4.64. The number of hydrogen-bond donors (Lipinski definition) is 1. The van der Waals surface area contributed by atoms with Gasteiger partial charge in [0.25, 0.3) is 0 Å². The zero-order valence-corrected chi connectivity index (χ0v) is 12.1. The Bertz CT molecular complexity index is 567. The van der Waals surface area contributed by atoms with Crippen molar-refractivity contribution in [2.45, 2.75) is 32.7 Å². The van der Waals surface area contributed by atoms with Crippen molar-refractivity contribution in [3.8, 4) is 6.07 Å². The third-order valence-electron chi connectivity index (χ3n) is 3.15. The van der Waals surface area contributed by atoms with Crippen LogP contribution in [0.25, 0.3) is 0 Å². The van der Waals surface area contributed by atoms with Gasteiger partial charge in [0, 0.05) is 10.6 Å². The average Bonchev–Trinajstić information content (AvgIpc) is 2.92. The van der Waals surface area contributed by atoms with Gasteiger partial charge in [-0.2, -0.15) is 5.26 Å². The van der Waals surface area contributed by atoms with Crippen LogP contribution in [0.2, 0.25) is 0 Å². The highest BCUT2D eigenvalue weighted by Gasteiger charge is 2.11. The number of hydrogen-bond acceptors (Lipinski definition) is 3. The summed E-state index contributed by atoms with van der Waals surface area (Å²) >= 11 is 1.79. The van der Waals surface area contributed by atoms with Crippen molar-refractivity contribution in [3.63, 3.8) is 0 Å². The fraction of sp³-hybridized carbons (Fsp3) is 0.312. The van der Waals surface area contributed by atoms with E-state index in [1.54, 1.807) is 11.3 Å². The molecule has 1 atom stereocenters. The van der Waals surface area contributed by atoms with E-state index in [0.717, 1.165) is 29.7 Å². The maximum Gasteiger partial charge on any atom is 0.0994 e. The summed E-state index contributed by atoms with van der Waals surface area (Å²) in [5.41, 5.74) is 2.85. The molecular weight excluding hydrogens is 252 g/mol. The molecule has 0 saturated carbocycles. The Morgan fingerprint density at radius 2 is 2.21 bits per heavy atom. The second kappa shape index (κ2) is 6.40. The van der Waals surface area contributed by atoms with Crippen molar-refractivity contribution in [3.05, 3.63) is 51.7 Å². The second-order valence-corrected chi connectivity index (χ2v) is 5.62. The molecule has 98 valence electrons. The van der Waals surface area contributed by atoms with Gasteiger partial charge in [-0.25, -0.2) is 0 Å². The van der Waals surface area contributed by atoms with Gasteiger partial charge in [0.1, 0.15) is 0 Å². The molecule has 0 aliphatic rings. The summed E-state index contributed by atoms with van der Waals surface area (Å²) in [6.45, 7) is 4.18. The van der Waals surface area contributed by atoms with E-state index in [1.807, 2.05) is 19.1 Å². The SMILES string of the molecule is CCCC(Nc1ccc(C#N)c(C)c1)c1cccs1. The smallest absolute Gasteiger partial charge is 0.0994 e. The number of nitrogens with zero attached hydrogens (tertiary/aromatic N) is 1. The van der Waals surface area contributed by atoms with E-state index in [4.69, 9.17) is 5.26 Å². The quantitative estimate of drug-likeness (QED) is 0.840. The molecule has 2 nitrogen and oxygen atoms in total. The standard InChI is InChI=1S/C16H18N2S/c1-3-5-15(16-6-4-9-19-16)18-14-8-7-13(11-17)12(2)10-14/h4,6-10,15,18H,3,5H2,1-2H3. The molecule has 19 heavy (non-hydrogen) atoms. The molecule has 1 heterocycles. The third kappa shape index (κ3) is 3.36. The van der Waals surface area contributed by atoms with Gasteiger partial charge in [0.15, 0.2) is 0 Å². The van der Waals surface area contributed by atoms with Gasteiger partial charge in [-0.05, 0) is 48.6 Å². The largest absolute Gasteiger partial charge is 0.377 e. The number of thiophene rings is 1. The number of anilines is 1. The highest BCUT2D eigenvalue weighted by molar-refractivity contribution is 7.10. The van der Waals surface area contributed by atoms with E-state index in [-0.39, 0.29) is 0 Å². The first-order valence-corrected chi connectivity index (χ1v) is 7.43. The minimum atomic E-state index is 0.359. The maximum atomic E-state index is 8.96.